The minimum atomic E-state index is -0.626. The van der Waals surface area contributed by atoms with Crippen molar-refractivity contribution in [3.05, 3.63) is 126 Å². The SMILES string of the molecule is COc1ccc([C@H](NC(=O)C(c2ccccc2)c2ccccc2)c2nccc3cc(OC)c(OC)cc23)cc1OC. The lowest BCUT2D eigenvalue weighted by Gasteiger charge is -2.25. The molecule has 1 N–H and O–H groups in total. The summed E-state index contributed by atoms with van der Waals surface area (Å²) in [5, 5.41) is 5.04. The Kier molecular flexibility index (Phi) is 8.34. The van der Waals surface area contributed by atoms with Crippen LogP contribution in [-0.2, 0) is 4.79 Å². The topological polar surface area (TPSA) is 78.9 Å². The van der Waals surface area contributed by atoms with Gasteiger partial charge in [0.15, 0.2) is 23.0 Å². The Morgan fingerprint density at radius 1 is 0.634 bits per heavy atom. The molecular weight excluding hydrogens is 516 g/mol. The molecule has 5 rings (SSSR count). The first-order valence-corrected chi connectivity index (χ1v) is 13.2. The number of ether oxygens (including phenoxy) is 4. The normalized spacial score (nSPS) is 11.6. The number of aromatic nitrogens is 1. The average molecular weight is 549 g/mol. The largest absolute Gasteiger partial charge is 0.493 e. The smallest absolute Gasteiger partial charge is 0.232 e. The summed E-state index contributed by atoms with van der Waals surface area (Å²) in [6, 6.07) is 30.2. The zero-order valence-corrected chi connectivity index (χ0v) is 23.5. The molecular formula is C34H32N2O5. The van der Waals surface area contributed by atoms with Crippen molar-refractivity contribution in [2.75, 3.05) is 28.4 Å². The molecule has 0 aliphatic carbocycles. The number of carbonyl (C=O) groups excluding carboxylic acids is 1. The molecule has 7 heteroatoms. The molecule has 4 aromatic carbocycles. The first kappa shape index (κ1) is 27.5. The van der Waals surface area contributed by atoms with Crippen LogP contribution in [0.2, 0.25) is 0 Å². The first-order chi connectivity index (χ1) is 20.1. The second-order valence-corrected chi connectivity index (χ2v) is 9.43. The summed E-state index contributed by atoms with van der Waals surface area (Å²) in [7, 11) is 6.37. The van der Waals surface area contributed by atoms with E-state index in [0.29, 0.717) is 28.7 Å². The van der Waals surface area contributed by atoms with E-state index in [-0.39, 0.29) is 5.91 Å². The van der Waals surface area contributed by atoms with E-state index in [1.165, 1.54) is 0 Å². The van der Waals surface area contributed by atoms with Crippen molar-refractivity contribution in [2.24, 2.45) is 0 Å². The monoisotopic (exact) mass is 548 g/mol. The number of hydrogen-bond donors (Lipinski definition) is 1. The highest BCUT2D eigenvalue weighted by Crippen LogP contribution is 2.38. The van der Waals surface area contributed by atoms with E-state index in [1.807, 2.05) is 97.1 Å². The van der Waals surface area contributed by atoms with Gasteiger partial charge in [0.25, 0.3) is 0 Å². The molecule has 0 radical (unpaired) electrons. The highest BCUT2D eigenvalue weighted by atomic mass is 16.5. The lowest BCUT2D eigenvalue weighted by molar-refractivity contribution is -0.122. The van der Waals surface area contributed by atoms with E-state index in [2.05, 4.69) is 5.32 Å². The lowest BCUT2D eigenvalue weighted by atomic mass is 9.89. The van der Waals surface area contributed by atoms with Gasteiger partial charge in [-0.25, -0.2) is 0 Å². The van der Waals surface area contributed by atoms with Crippen molar-refractivity contribution in [3.8, 4) is 23.0 Å². The number of rotatable bonds is 10. The van der Waals surface area contributed by atoms with Crippen LogP contribution in [0.15, 0.2) is 103 Å². The molecule has 0 aliphatic heterocycles. The van der Waals surface area contributed by atoms with Gasteiger partial charge >= 0.3 is 0 Å². The molecule has 0 saturated carbocycles. The molecule has 0 fully saturated rings. The van der Waals surface area contributed by atoms with Gasteiger partial charge in [-0.05, 0) is 52.4 Å². The molecule has 1 heterocycles. The van der Waals surface area contributed by atoms with Gasteiger partial charge in [0.2, 0.25) is 5.91 Å². The lowest BCUT2D eigenvalue weighted by Crippen LogP contribution is -2.34. The van der Waals surface area contributed by atoms with Crippen LogP contribution in [0.1, 0.15) is 34.3 Å². The van der Waals surface area contributed by atoms with Crippen molar-refractivity contribution >= 4 is 16.7 Å². The Bertz CT molecular complexity index is 1600. The molecule has 0 saturated heterocycles. The van der Waals surface area contributed by atoms with Crippen LogP contribution in [0.3, 0.4) is 0 Å². The molecule has 208 valence electrons. The Hall–Kier alpha value is -5.04. The third-order valence-electron chi connectivity index (χ3n) is 7.13. The third-order valence-corrected chi connectivity index (χ3v) is 7.13. The van der Waals surface area contributed by atoms with Crippen LogP contribution in [0.25, 0.3) is 10.8 Å². The van der Waals surface area contributed by atoms with Crippen LogP contribution in [-0.4, -0.2) is 39.3 Å². The summed E-state index contributed by atoms with van der Waals surface area (Å²) in [4.78, 5) is 19.1. The van der Waals surface area contributed by atoms with E-state index in [1.54, 1.807) is 34.6 Å². The van der Waals surface area contributed by atoms with Crippen LogP contribution < -0.4 is 24.3 Å². The zero-order valence-electron chi connectivity index (χ0n) is 23.5. The maximum absolute atomic E-state index is 14.3. The quantitative estimate of drug-likeness (QED) is 0.220. The third kappa shape index (κ3) is 5.65. The van der Waals surface area contributed by atoms with Crippen molar-refractivity contribution in [2.45, 2.75) is 12.0 Å². The number of methoxy groups -OCH3 is 4. The Morgan fingerprint density at radius 2 is 1.20 bits per heavy atom. The van der Waals surface area contributed by atoms with Gasteiger partial charge in [-0.2, -0.15) is 0 Å². The maximum Gasteiger partial charge on any atom is 0.232 e. The predicted molar refractivity (Wildman–Crippen MR) is 159 cm³/mol. The summed E-state index contributed by atoms with van der Waals surface area (Å²) < 4.78 is 22.2. The molecule has 1 aromatic heterocycles. The van der Waals surface area contributed by atoms with Crippen LogP contribution in [0.5, 0.6) is 23.0 Å². The number of nitrogens with zero attached hydrogens (tertiary/aromatic N) is 1. The minimum absolute atomic E-state index is 0.165. The van der Waals surface area contributed by atoms with Gasteiger partial charge in [0.05, 0.1) is 46.1 Å². The van der Waals surface area contributed by atoms with E-state index in [4.69, 9.17) is 23.9 Å². The minimum Gasteiger partial charge on any atom is -0.493 e. The molecule has 0 unspecified atom stereocenters. The molecule has 1 amide bonds. The van der Waals surface area contributed by atoms with Crippen LogP contribution in [0, 0.1) is 0 Å². The van der Waals surface area contributed by atoms with Gasteiger partial charge in [0, 0.05) is 11.6 Å². The number of pyridine rings is 1. The van der Waals surface area contributed by atoms with Gasteiger partial charge in [-0.1, -0.05) is 66.7 Å². The van der Waals surface area contributed by atoms with Gasteiger partial charge in [-0.15, -0.1) is 0 Å². The highest BCUT2D eigenvalue weighted by Gasteiger charge is 2.29. The molecule has 41 heavy (non-hydrogen) atoms. The number of nitrogens with one attached hydrogen (secondary N) is 1. The number of carbonyl (C=O) groups is 1. The zero-order chi connectivity index (χ0) is 28.8. The summed E-state index contributed by atoms with van der Waals surface area (Å²) in [5.74, 6) is 1.61. The van der Waals surface area contributed by atoms with E-state index in [9.17, 15) is 4.79 Å². The molecule has 0 spiro atoms. The molecule has 0 bridgehead atoms. The predicted octanol–water partition coefficient (Wildman–Crippen LogP) is 6.31. The highest BCUT2D eigenvalue weighted by molar-refractivity contribution is 5.91. The fourth-order valence-corrected chi connectivity index (χ4v) is 5.11. The van der Waals surface area contributed by atoms with E-state index in [0.717, 1.165) is 27.5 Å². The number of fused-ring (bicyclic) bond motifs is 1. The number of hydrogen-bond acceptors (Lipinski definition) is 6. The standard InChI is InChI=1S/C34H32N2O5/c1-38-27-16-15-25(20-28(27)39-2)32(33-26-21-30(41-4)29(40-3)19-24(26)17-18-35-33)36-34(37)31(22-11-7-5-8-12-22)23-13-9-6-10-14-23/h5-21,31-32H,1-4H3,(H,36,37)/t32-/m0/s1. The fraction of sp³-hybridized carbons (Fsp3) is 0.176. The fourth-order valence-electron chi connectivity index (χ4n) is 5.11. The molecule has 5 aromatic rings. The van der Waals surface area contributed by atoms with Crippen LogP contribution in [0.4, 0.5) is 0 Å². The van der Waals surface area contributed by atoms with Crippen molar-refractivity contribution in [3.63, 3.8) is 0 Å². The second-order valence-electron chi connectivity index (χ2n) is 9.43. The van der Waals surface area contributed by atoms with E-state index < -0.39 is 12.0 Å². The summed E-state index contributed by atoms with van der Waals surface area (Å²) >= 11 is 0. The number of amides is 1. The average Bonchev–Trinajstić information content (AvgIpc) is 3.03. The van der Waals surface area contributed by atoms with Gasteiger partial charge in [-0.3, -0.25) is 9.78 Å². The molecule has 1 atom stereocenters. The summed E-state index contributed by atoms with van der Waals surface area (Å²) in [5.41, 5.74) is 3.22. The van der Waals surface area contributed by atoms with Gasteiger partial charge < -0.3 is 24.3 Å². The maximum atomic E-state index is 14.3. The van der Waals surface area contributed by atoms with Crippen molar-refractivity contribution in [1.82, 2.24) is 10.3 Å². The second kappa shape index (κ2) is 12.4. The van der Waals surface area contributed by atoms with Gasteiger partial charge in [0.1, 0.15) is 0 Å². The first-order valence-electron chi connectivity index (χ1n) is 13.2. The van der Waals surface area contributed by atoms with E-state index >= 15 is 0 Å². The Labute approximate surface area is 239 Å². The van der Waals surface area contributed by atoms with Crippen LogP contribution >= 0.6 is 0 Å². The molecule has 0 aliphatic rings. The van der Waals surface area contributed by atoms with Crippen molar-refractivity contribution in [1.29, 1.82) is 0 Å². The summed E-state index contributed by atoms with van der Waals surface area (Å²) in [6.07, 6.45) is 1.73. The summed E-state index contributed by atoms with van der Waals surface area (Å²) in [6.45, 7) is 0. The molecule has 7 nitrogen and oxygen atoms in total. The Balaban J connectivity index is 1.68. The number of benzene rings is 4. The Morgan fingerprint density at radius 3 is 1.78 bits per heavy atom. The van der Waals surface area contributed by atoms with Crippen molar-refractivity contribution < 1.29 is 23.7 Å².